The number of carboxylic acid groups (broad SMARTS) is 1. The third-order valence-electron chi connectivity index (χ3n) is 1.92. The SMILES string of the molecule is CCCC(NC(=O)c1cnc[nH]1)C(=O)O. The highest BCUT2D eigenvalue weighted by Crippen LogP contribution is 1.99. The number of aromatic amines is 1. The Hall–Kier alpha value is -1.85. The molecule has 0 spiro atoms. The van der Waals surface area contributed by atoms with Gasteiger partial charge < -0.3 is 15.4 Å². The number of carbonyl (C=O) groups excluding carboxylic acids is 1. The molecule has 0 saturated heterocycles. The third kappa shape index (κ3) is 3.08. The average Bonchev–Trinajstić information content (AvgIpc) is 2.69. The van der Waals surface area contributed by atoms with E-state index in [9.17, 15) is 9.59 Å². The van der Waals surface area contributed by atoms with Crippen LogP contribution in [0.5, 0.6) is 0 Å². The third-order valence-corrected chi connectivity index (χ3v) is 1.92. The molecule has 1 amide bonds. The summed E-state index contributed by atoms with van der Waals surface area (Å²) in [4.78, 5) is 28.5. The van der Waals surface area contributed by atoms with Crippen molar-refractivity contribution in [1.29, 1.82) is 0 Å². The van der Waals surface area contributed by atoms with Crippen molar-refractivity contribution in [1.82, 2.24) is 15.3 Å². The van der Waals surface area contributed by atoms with Crippen molar-refractivity contribution in [3.05, 3.63) is 18.2 Å². The second-order valence-corrected chi connectivity index (χ2v) is 3.12. The predicted molar refractivity (Wildman–Crippen MR) is 52.4 cm³/mol. The van der Waals surface area contributed by atoms with Gasteiger partial charge >= 0.3 is 5.97 Å². The lowest BCUT2D eigenvalue weighted by atomic mass is 10.1. The molecule has 0 fully saturated rings. The van der Waals surface area contributed by atoms with Crippen LogP contribution in [-0.4, -0.2) is 33.0 Å². The minimum absolute atomic E-state index is 0.261. The zero-order valence-electron chi connectivity index (χ0n) is 8.36. The lowest BCUT2D eigenvalue weighted by molar-refractivity contribution is -0.139. The molecule has 0 aliphatic rings. The van der Waals surface area contributed by atoms with Crippen LogP contribution in [0.1, 0.15) is 30.3 Å². The molecule has 1 aromatic heterocycles. The monoisotopic (exact) mass is 211 g/mol. The molecule has 1 aromatic rings. The summed E-state index contributed by atoms with van der Waals surface area (Å²) < 4.78 is 0. The number of nitrogens with one attached hydrogen (secondary N) is 2. The van der Waals surface area contributed by atoms with Gasteiger partial charge in [0.2, 0.25) is 0 Å². The van der Waals surface area contributed by atoms with Crippen LogP contribution in [0.4, 0.5) is 0 Å². The normalized spacial score (nSPS) is 12.1. The Kier molecular flexibility index (Phi) is 3.84. The number of rotatable bonds is 5. The Balaban J connectivity index is 2.59. The van der Waals surface area contributed by atoms with E-state index in [2.05, 4.69) is 15.3 Å². The number of imidazole rings is 1. The second-order valence-electron chi connectivity index (χ2n) is 3.12. The Morgan fingerprint density at radius 2 is 2.40 bits per heavy atom. The molecule has 3 N–H and O–H groups in total. The molecule has 0 saturated carbocycles. The average molecular weight is 211 g/mol. The summed E-state index contributed by atoms with van der Waals surface area (Å²) in [5.41, 5.74) is 0.261. The first-order chi connectivity index (χ1) is 7.15. The van der Waals surface area contributed by atoms with Gasteiger partial charge in [-0.05, 0) is 6.42 Å². The second kappa shape index (κ2) is 5.14. The fourth-order valence-corrected chi connectivity index (χ4v) is 1.16. The van der Waals surface area contributed by atoms with Gasteiger partial charge in [0.15, 0.2) is 0 Å². The minimum atomic E-state index is -1.02. The number of carbonyl (C=O) groups is 2. The van der Waals surface area contributed by atoms with Crippen LogP contribution in [0.2, 0.25) is 0 Å². The van der Waals surface area contributed by atoms with Crippen LogP contribution in [0.3, 0.4) is 0 Å². The topological polar surface area (TPSA) is 95.1 Å². The number of hydrogen-bond acceptors (Lipinski definition) is 3. The maximum atomic E-state index is 11.4. The van der Waals surface area contributed by atoms with E-state index >= 15 is 0 Å². The van der Waals surface area contributed by atoms with Gasteiger partial charge in [0.25, 0.3) is 5.91 Å². The zero-order chi connectivity index (χ0) is 11.3. The predicted octanol–water partition coefficient (Wildman–Crippen LogP) is 0.393. The summed E-state index contributed by atoms with van der Waals surface area (Å²) in [6.45, 7) is 1.86. The summed E-state index contributed by atoms with van der Waals surface area (Å²) in [6.07, 6.45) is 3.82. The molecule has 0 radical (unpaired) electrons. The molecule has 0 bridgehead atoms. The molecule has 6 heteroatoms. The van der Waals surface area contributed by atoms with E-state index in [1.54, 1.807) is 0 Å². The van der Waals surface area contributed by atoms with E-state index in [4.69, 9.17) is 5.11 Å². The standard InChI is InChI=1S/C9H13N3O3/c1-2-3-6(9(14)15)12-8(13)7-4-10-5-11-7/h4-6H,2-3H2,1H3,(H,10,11)(H,12,13)(H,14,15). The van der Waals surface area contributed by atoms with E-state index in [-0.39, 0.29) is 5.69 Å². The van der Waals surface area contributed by atoms with Crippen LogP contribution < -0.4 is 5.32 Å². The van der Waals surface area contributed by atoms with Gasteiger partial charge in [-0.1, -0.05) is 13.3 Å². The highest BCUT2D eigenvalue weighted by molar-refractivity contribution is 5.94. The van der Waals surface area contributed by atoms with Crippen LogP contribution in [-0.2, 0) is 4.79 Å². The first kappa shape index (κ1) is 11.2. The molecule has 1 unspecified atom stereocenters. The fourth-order valence-electron chi connectivity index (χ4n) is 1.16. The van der Waals surface area contributed by atoms with Crippen molar-refractivity contribution in [2.24, 2.45) is 0 Å². The lowest BCUT2D eigenvalue weighted by Gasteiger charge is -2.12. The molecular weight excluding hydrogens is 198 g/mol. The molecule has 6 nitrogen and oxygen atoms in total. The van der Waals surface area contributed by atoms with Crippen molar-refractivity contribution in [2.75, 3.05) is 0 Å². The number of nitrogens with zero attached hydrogens (tertiary/aromatic N) is 1. The van der Waals surface area contributed by atoms with Gasteiger partial charge in [-0.3, -0.25) is 4.79 Å². The van der Waals surface area contributed by atoms with Gasteiger partial charge in [-0.2, -0.15) is 0 Å². The van der Waals surface area contributed by atoms with E-state index in [1.165, 1.54) is 12.5 Å². The van der Waals surface area contributed by atoms with Crippen molar-refractivity contribution in [3.63, 3.8) is 0 Å². The van der Waals surface area contributed by atoms with Crippen LogP contribution in [0.15, 0.2) is 12.5 Å². The van der Waals surface area contributed by atoms with E-state index in [0.717, 1.165) is 0 Å². The Bertz CT molecular complexity index is 334. The minimum Gasteiger partial charge on any atom is -0.480 e. The smallest absolute Gasteiger partial charge is 0.326 e. The van der Waals surface area contributed by atoms with Crippen LogP contribution >= 0.6 is 0 Å². The van der Waals surface area contributed by atoms with Crippen LogP contribution in [0, 0.1) is 0 Å². The number of hydrogen-bond donors (Lipinski definition) is 3. The molecular formula is C9H13N3O3. The highest BCUT2D eigenvalue weighted by atomic mass is 16.4. The summed E-state index contributed by atoms with van der Waals surface area (Å²) in [5.74, 6) is -1.47. The Morgan fingerprint density at radius 3 is 2.87 bits per heavy atom. The molecule has 0 aliphatic carbocycles. The molecule has 0 aromatic carbocycles. The van der Waals surface area contributed by atoms with E-state index in [1.807, 2.05) is 6.92 Å². The maximum absolute atomic E-state index is 11.4. The number of aromatic nitrogens is 2. The number of H-pyrrole nitrogens is 1. The maximum Gasteiger partial charge on any atom is 0.326 e. The Labute approximate surface area is 86.7 Å². The van der Waals surface area contributed by atoms with Gasteiger partial charge in [0, 0.05) is 0 Å². The first-order valence-electron chi connectivity index (χ1n) is 4.67. The number of amides is 1. The molecule has 1 atom stereocenters. The summed E-state index contributed by atoms with van der Waals surface area (Å²) in [6, 6.07) is -0.842. The molecule has 1 heterocycles. The summed E-state index contributed by atoms with van der Waals surface area (Å²) in [5, 5.41) is 11.2. The largest absolute Gasteiger partial charge is 0.480 e. The quantitative estimate of drug-likeness (QED) is 0.656. The lowest BCUT2D eigenvalue weighted by Crippen LogP contribution is -2.40. The van der Waals surface area contributed by atoms with Gasteiger partial charge in [0.1, 0.15) is 11.7 Å². The van der Waals surface area contributed by atoms with Crippen molar-refractivity contribution in [2.45, 2.75) is 25.8 Å². The number of aliphatic carboxylic acids is 1. The highest BCUT2D eigenvalue weighted by Gasteiger charge is 2.19. The number of carboxylic acids is 1. The van der Waals surface area contributed by atoms with Crippen molar-refractivity contribution < 1.29 is 14.7 Å². The van der Waals surface area contributed by atoms with E-state index in [0.29, 0.717) is 12.8 Å². The Morgan fingerprint density at radius 1 is 1.67 bits per heavy atom. The molecule has 0 aliphatic heterocycles. The van der Waals surface area contributed by atoms with Crippen molar-refractivity contribution >= 4 is 11.9 Å². The fraction of sp³-hybridized carbons (Fsp3) is 0.444. The molecule has 1 rings (SSSR count). The zero-order valence-corrected chi connectivity index (χ0v) is 8.36. The summed E-state index contributed by atoms with van der Waals surface area (Å²) >= 11 is 0. The van der Waals surface area contributed by atoms with Crippen LogP contribution in [0.25, 0.3) is 0 Å². The van der Waals surface area contributed by atoms with Gasteiger partial charge in [-0.15, -0.1) is 0 Å². The molecule has 82 valence electrons. The van der Waals surface area contributed by atoms with E-state index < -0.39 is 17.9 Å². The summed E-state index contributed by atoms with van der Waals surface area (Å²) in [7, 11) is 0. The van der Waals surface area contributed by atoms with Gasteiger partial charge in [0.05, 0.1) is 12.5 Å². The van der Waals surface area contributed by atoms with Crippen molar-refractivity contribution in [3.8, 4) is 0 Å². The molecule has 15 heavy (non-hydrogen) atoms. The van der Waals surface area contributed by atoms with Gasteiger partial charge in [-0.25, -0.2) is 9.78 Å². The first-order valence-corrected chi connectivity index (χ1v) is 4.67.